The van der Waals surface area contributed by atoms with Gasteiger partial charge < -0.3 is 0 Å². The smallest absolute Gasteiger partial charge is 0.282 e. The maximum absolute atomic E-state index is 9.44. The Bertz CT molecular complexity index is 1050. The highest BCUT2D eigenvalue weighted by Crippen LogP contribution is 2.13. The second-order valence-corrected chi connectivity index (χ2v) is 5.38. The van der Waals surface area contributed by atoms with Crippen LogP contribution >= 0.6 is 0 Å². The molecule has 0 aliphatic carbocycles. The van der Waals surface area contributed by atoms with E-state index in [-0.39, 0.29) is 0 Å². The summed E-state index contributed by atoms with van der Waals surface area (Å²) >= 11 is 0. The molecule has 27 heavy (non-hydrogen) atoms. The van der Waals surface area contributed by atoms with Crippen LogP contribution in [0.4, 0.5) is 0 Å². The van der Waals surface area contributed by atoms with E-state index in [1.54, 1.807) is 36.8 Å². The van der Waals surface area contributed by atoms with Gasteiger partial charge >= 0.3 is 0 Å². The first-order valence-electron chi connectivity index (χ1n) is 8.18. The molecular formula is C21H16N5O+. The number of pyridine rings is 4. The van der Waals surface area contributed by atoms with Crippen LogP contribution in [0.2, 0.25) is 0 Å². The third kappa shape index (κ3) is 4.71. The molecule has 1 N–H and O–H groups in total. The Morgan fingerprint density at radius 2 is 1.41 bits per heavy atom. The number of nitriles is 1. The molecule has 0 fully saturated rings. The predicted molar refractivity (Wildman–Crippen MR) is 99.2 cm³/mol. The third-order valence-electron chi connectivity index (χ3n) is 3.56. The van der Waals surface area contributed by atoms with Gasteiger partial charge in [-0.05, 0) is 42.5 Å². The van der Waals surface area contributed by atoms with Crippen molar-refractivity contribution in [2.45, 2.75) is 0 Å². The molecule has 0 aromatic carbocycles. The summed E-state index contributed by atoms with van der Waals surface area (Å²) in [7, 11) is 0. The molecule has 130 valence electrons. The highest BCUT2D eigenvalue weighted by atomic mass is 16.5. The van der Waals surface area contributed by atoms with Crippen molar-refractivity contribution in [1.82, 2.24) is 15.0 Å². The molecule has 4 rings (SSSR count). The molecule has 0 saturated carbocycles. The van der Waals surface area contributed by atoms with Gasteiger partial charge in [0.1, 0.15) is 17.5 Å². The van der Waals surface area contributed by atoms with E-state index in [4.69, 9.17) is 5.26 Å². The Morgan fingerprint density at radius 1 is 0.741 bits per heavy atom. The van der Waals surface area contributed by atoms with E-state index in [1.165, 1.54) is 0 Å². The van der Waals surface area contributed by atoms with Crippen molar-refractivity contribution in [2.75, 3.05) is 0 Å². The van der Waals surface area contributed by atoms with Crippen LogP contribution in [0.3, 0.4) is 0 Å². The molecule has 6 nitrogen and oxygen atoms in total. The maximum atomic E-state index is 9.44. The molecule has 4 heterocycles. The normalized spacial score (nSPS) is 9.59. The summed E-state index contributed by atoms with van der Waals surface area (Å²) in [5.74, 6) is 0. The average molecular weight is 354 g/mol. The molecule has 0 aliphatic rings. The second kappa shape index (κ2) is 8.83. The van der Waals surface area contributed by atoms with E-state index in [9.17, 15) is 5.21 Å². The van der Waals surface area contributed by atoms with E-state index in [0.717, 1.165) is 21.8 Å². The van der Waals surface area contributed by atoms with Gasteiger partial charge in [0, 0.05) is 29.3 Å². The van der Waals surface area contributed by atoms with Crippen molar-refractivity contribution in [3.8, 4) is 28.8 Å². The van der Waals surface area contributed by atoms with E-state index >= 15 is 0 Å². The van der Waals surface area contributed by atoms with Crippen LogP contribution in [-0.4, -0.2) is 20.2 Å². The van der Waals surface area contributed by atoms with Gasteiger partial charge in [0.2, 0.25) is 6.20 Å². The van der Waals surface area contributed by atoms with E-state index < -0.39 is 0 Å². The van der Waals surface area contributed by atoms with Crippen molar-refractivity contribution in [1.29, 1.82) is 5.26 Å². The Hall–Kier alpha value is -4.11. The van der Waals surface area contributed by atoms with Crippen LogP contribution in [0.1, 0.15) is 5.69 Å². The first kappa shape index (κ1) is 17.7. The topological polar surface area (TPSA) is 86.6 Å². The maximum Gasteiger partial charge on any atom is 0.282 e. The highest BCUT2D eigenvalue weighted by Gasteiger charge is 2.11. The quantitative estimate of drug-likeness (QED) is 0.441. The summed E-state index contributed by atoms with van der Waals surface area (Å²) < 4.78 is 1.06. The standard InChI is InChI=1S/C11H7N3.C10H9N2O/c12-8-9-4-3-6-11(14-9)10-5-1-2-7-13-10;13-12-8-4-2-6-10(12)9-5-1-3-7-11-9/h1-7H;1-8,13H/q;+1. The number of hydrogen-bond donors (Lipinski definition) is 1. The molecule has 0 radical (unpaired) electrons. The zero-order valence-electron chi connectivity index (χ0n) is 14.3. The van der Waals surface area contributed by atoms with Gasteiger partial charge in [0.15, 0.2) is 0 Å². The minimum Gasteiger partial charge on any atom is -0.284 e. The van der Waals surface area contributed by atoms with Gasteiger partial charge in [-0.15, -0.1) is 0 Å². The number of rotatable bonds is 2. The Balaban J connectivity index is 0.000000156. The van der Waals surface area contributed by atoms with Gasteiger partial charge in [0.05, 0.1) is 11.4 Å². The molecule has 0 bridgehead atoms. The fraction of sp³-hybridized carbons (Fsp3) is 0. The summed E-state index contributed by atoms with van der Waals surface area (Å²) in [6.45, 7) is 0. The molecule has 0 spiro atoms. The van der Waals surface area contributed by atoms with Gasteiger partial charge in [-0.3, -0.25) is 10.2 Å². The first-order valence-corrected chi connectivity index (χ1v) is 8.18. The fourth-order valence-corrected chi connectivity index (χ4v) is 2.31. The van der Waals surface area contributed by atoms with Gasteiger partial charge in [-0.1, -0.05) is 18.2 Å². The van der Waals surface area contributed by atoms with Crippen LogP contribution in [-0.2, 0) is 0 Å². The number of hydrogen-bond acceptors (Lipinski definition) is 5. The van der Waals surface area contributed by atoms with Gasteiger partial charge in [-0.25, -0.2) is 9.97 Å². The minimum absolute atomic E-state index is 0.410. The molecule has 0 amide bonds. The zero-order chi connectivity index (χ0) is 18.9. The lowest BCUT2D eigenvalue weighted by molar-refractivity contribution is -0.896. The Morgan fingerprint density at radius 3 is 2.04 bits per heavy atom. The van der Waals surface area contributed by atoms with Gasteiger partial charge in [-0.2, -0.15) is 5.26 Å². The van der Waals surface area contributed by atoms with Crippen LogP contribution < -0.4 is 4.73 Å². The molecule has 0 saturated heterocycles. The lowest BCUT2D eigenvalue weighted by atomic mass is 10.2. The van der Waals surface area contributed by atoms with Crippen molar-refractivity contribution >= 4 is 0 Å². The Labute approximate surface area is 156 Å². The first-order chi connectivity index (χ1) is 13.3. The van der Waals surface area contributed by atoms with E-state index in [1.807, 2.05) is 60.7 Å². The summed E-state index contributed by atoms with van der Waals surface area (Å²) in [5, 5.41) is 18.1. The molecule has 4 aromatic rings. The average Bonchev–Trinajstić information content (AvgIpc) is 2.76. The Kier molecular flexibility index (Phi) is 5.79. The molecule has 0 aliphatic heterocycles. The largest absolute Gasteiger partial charge is 0.284 e. The fourth-order valence-electron chi connectivity index (χ4n) is 2.31. The molecule has 6 heteroatoms. The lowest BCUT2D eigenvalue weighted by Crippen LogP contribution is -2.31. The molecule has 0 atom stereocenters. The minimum atomic E-state index is 0.410. The van der Waals surface area contributed by atoms with E-state index in [2.05, 4.69) is 15.0 Å². The number of aromatic nitrogens is 4. The molecule has 4 aromatic heterocycles. The highest BCUT2D eigenvalue weighted by molar-refractivity contribution is 5.54. The zero-order valence-corrected chi connectivity index (χ0v) is 14.3. The van der Waals surface area contributed by atoms with Crippen molar-refractivity contribution < 1.29 is 9.94 Å². The van der Waals surface area contributed by atoms with Crippen molar-refractivity contribution in [2.24, 2.45) is 0 Å². The second-order valence-electron chi connectivity index (χ2n) is 5.38. The summed E-state index contributed by atoms with van der Waals surface area (Å²) in [6.07, 6.45) is 4.97. The number of nitrogens with zero attached hydrogens (tertiary/aromatic N) is 5. The van der Waals surface area contributed by atoms with Crippen LogP contribution in [0.25, 0.3) is 22.8 Å². The van der Waals surface area contributed by atoms with E-state index in [0.29, 0.717) is 11.4 Å². The molecular weight excluding hydrogens is 338 g/mol. The lowest BCUT2D eigenvalue weighted by Gasteiger charge is -1.98. The SMILES string of the molecule is N#Cc1cccc(-c2ccccn2)n1.O[n+]1ccccc1-c1ccccn1. The summed E-state index contributed by atoms with van der Waals surface area (Å²) in [5.41, 5.74) is 3.36. The summed E-state index contributed by atoms with van der Waals surface area (Å²) in [4.78, 5) is 12.4. The molecule has 0 unspecified atom stereocenters. The van der Waals surface area contributed by atoms with Crippen LogP contribution in [0.5, 0.6) is 0 Å². The monoisotopic (exact) mass is 354 g/mol. The third-order valence-corrected chi connectivity index (χ3v) is 3.56. The van der Waals surface area contributed by atoms with Crippen LogP contribution in [0, 0.1) is 11.3 Å². The van der Waals surface area contributed by atoms with Crippen molar-refractivity contribution in [3.63, 3.8) is 0 Å². The van der Waals surface area contributed by atoms with Crippen LogP contribution in [0.15, 0.2) is 91.4 Å². The van der Waals surface area contributed by atoms with Gasteiger partial charge in [0.25, 0.3) is 5.69 Å². The van der Waals surface area contributed by atoms with Crippen molar-refractivity contribution in [3.05, 3.63) is 97.1 Å². The summed E-state index contributed by atoms with van der Waals surface area (Å²) in [6, 6.07) is 23.9. The predicted octanol–water partition coefficient (Wildman–Crippen LogP) is 3.29.